The average molecular weight is 239 g/mol. The lowest BCUT2D eigenvalue weighted by Crippen LogP contribution is -2.29. The molecule has 4 heteroatoms. The monoisotopic (exact) mass is 238 g/mol. The number of rotatable bonds is 4. The van der Waals surface area contributed by atoms with E-state index in [2.05, 4.69) is 11.4 Å². The van der Waals surface area contributed by atoms with E-state index in [-0.39, 0.29) is 18.6 Å². The van der Waals surface area contributed by atoms with Crippen LogP contribution in [0.5, 0.6) is 0 Å². The van der Waals surface area contributed by atoms with Gasteiger partial charge in [0.2, 0.25) is 0 Å². The van der Waals surface area contributed by atoms with Crippen LogP contribution < -0.4 is 5.32 Å². The van der Waals surface area contributed by atoms with Crippen molar-refractivity contribution >= 4 is 17.3 Å². The van der Waals surface area contributed by atoms with E-state index in [1.165, 1.54) is 0 Å². The van der Waals surface area contributed by atoms with Gasteiger partial charge in [-0.15, -0.1) is 0 Å². The number of aliphatic hydroxyl groups is 1. The molecule has 16 heavy (non-hydrogen) atoms. The summed E-state index contributed by atoms with van der Waals surface area (Å²) in [5.74, 6) is 0.284. The largest absolute Gasteiger partial charge is 0.394 e. The number of nitrogens with one attached hydrogen (secondary N) is 1. The highest BCUT2D eigenvalue weighted by Gasteiger charge is 2.13. The summed E-state index contributed by atoms with van der Waals surface area (Å²) in [7, 11) is 0. The van der Waals surface area contributed by atoms with Gasteiger partial charge in [-0.2, -0.15) is 5.26 Å². The van der Waals surface area contributed by atoms with Crippen molar-refractivity contribution in [1.29, 1.82) is 5.26 Å². The quantitative estimate of drug-likeness (QED) is 0.848. The first-order valence-electron chi connectivity index (χ1n) is 5.15. The fourth-order valence-corrected chi connectivity index (χ4v) is 1.53. The Morgan fingerprint density at radius 2 is 2.19 bits per heavy atom. The second-order valence-corrected chi connectivity index (χ2v) is 4.42. The van der Waals surface area contributed by atoms with Crippen LogP contribution in [0, 0.1) is 17.2 Å². The number of anilines is 1. The second-order valence-electron chi connectivity index (χ2n) is 3.98. The molecular formula is C12H15ClN2O. The molecule has 0 heterocycles. The fraction of sp³-hybridized carbons (Fsp3) is 0.417. The van der Waals surface area contributed by atoms with Gasteiger partial charge >= 0.3 is 0 Å². The van der Waals surface area contributed by atoms with Crippen LogP contribution in [0.2, 0.25) is 5.02 Å². The molecule has 0 aliphatic carbocycles. The summed E-state index contributed by atoms with van der Waals surface area (Å²) in [6, 6.07) is 7.10. The van der Waals surface area contributed by atoms with Crippen LogP contribution in [0.4, 0.5) is 5.69 Å². The fourth-order valence-electron chi connectivity index (χ4n) is 1.36. The number of benzene rings is 1. The lowest BCUT2D eigenvalue weighted by Gasteiger charge is -2.21. The van der Waals surface area contributed by atoms with E-state index in [1.807, 2.05) is 13.8 Å². The topological polar surface area (TPSA) is 56.0 Å². The molecule has 0 unspecified atom stereocenters. The van der Waals surface area contributed by atoms with Crippen molar-refractivity contribution in [2.45, 2.75) is 19.9 Å². The highest BCUT2D eigenvalue weighted by Crippen LogP contribution is 2.21. The van der Waals surface area contributed by atoms with Crippen molar-refractivity contribution in [2.24, 2.45) is 5.92 Å². The van der Waals surface area contributed by atoms with Crippen LogP contribution in [-0.4, -0.2) is 17.8 Å². The van der Waals surface area contributed by atoms with Gasteiger partial charge in [0.05, 0.1) is 23.9 Å². The first-order valence-corrected chi connectivity index (χ1v) is 5.53. The standard InChI is InChI=1S/C12H15ClN2O/c1-8(2)12(7-16)15-11-4-3-10(13)5-9(11)6-14/h3-5,8,12,15-16H,7H2,1-2H3/t12-/m1/s1. The number of halogens is 1. The summed E-state index contributed by atoms with van der Waals surface area (Å²) in [5.41, 5.74) is 1.20. The molecule has 1 rings (SSSR count). The van der Waals surface area contributed by atoms with Gasteiger partial charge in [0.25, 0.3) is 0 Å². The van der Waals surface area contributed by atoms with Crippen LogP contribution in [0.25, 0.3) is 0 Å². The summed E-state index contributed by atoms with van der Waals surface area (Å²) in [5, 5.41) is 21.8. The first kappa shape index (κ1) is 12.8. The summed E-state index contributed by atoms with van der Waals surface area (Å²) in [6.45, 7) is 4.05. The van der Waals surface area contributed by atoms with Crippen molar-refractivity contribution < 1.29 is 5.11 Å². The minimum Gasteiger partial charge on any atom is -0.394 e. The summed E-state index contributed by atoms with van der Waals surface area (Å²) >= 11 is 5.80. The Morgan fingerprint density at radius 1 is 1.50 bits per heavy atom. The Balaban J connectivity index is 2.92. The maximum atomic E-state index is 9.20. The van der Waals surface area contributed by atoms with Gasteiger partial charge < -0.3 is 10.4 Å². The van der Waals surface area contributed by atoms with Gasteiger partial charge in [-0.05, 0) is 24.1 Å². The molecule has 0 amide bonds. The van der Waals surface area contributed by atoms with E-state index in [1.54, 1.807) is 18.2 Å². The molecule has 1 aromatic carbocycles. The zero-order chi connectivity index (χ0) is 12.1. The predicted octanol–water partition coefficient (Wildman–Crippen LogP) is 2.64. The second kappa shape index (κ2) is 5.74. The molecule has 1 aromatic rings. The first-order chi connectivity index (χ1) is 7.58. The molecule has 3 nitrogen and oxygen atoms in total. The maximum absolute atomic E-state index is 9.20. The van der Waals surface area contributed by atoms with E-state index >= 15 is 0 Å². The minimum absolute atomic E-state index is 0.0329. The number of nitrogens with zero attached hydrogens (tertiary/aromatic N) is 1. The molecule has 1 atom stereocenters. The van der Waals surface area contributed by atoms with Crippen molar-refractivity contribution in [3.05, 3.63) is 28.8 Å². The predicted molar refractivity (Wildman–Crippen MR) is 65.5 cm³/mol. The SMILES string of the molecule is CC(C)[C@@H](CO)Nc1ccc(Cl)cc1C#N. The number of hydrogen-bond donors (Lipinski definition) is 2. The third kappa shape index (κ3) is 3.13. The van der Waals surface area contributed by atoms with E-state index < -0.39 is 0 Å². The van der Waals surface area contributed by atoms with Gasteiger partial charge in [0.1, 0.15) is 6.07 Å². The third-order valence-corrected chi connectivity index (χ3v) is 2.68. The van der Waals surface area contributed by atoms with Gasteiger partial charge in [0, 0.05) is 5.02 Å². The zero-order valence-electron chi connectivity index (χ0n) is 9.37. The number of nitriles is 1. The van der Waals surface area contributed by atoms with Crippen LogP contribution in [0.1, 0.15) is 19.4 Å². The van der Waals surface area contributed by atoms with Crippen LogP contribution in [0.3, 0.4) is 0 Å². The molecule has 0 spiro atoms. The van der Waals surface area contributed by atoms with Crippen molar-refractivity contribution in [3.8, 4) is 6.07 Å². The van der Waals surface area contributed by atoms with Gasteiger partial charge in [-0.1, -0.05) is 25.4 Å². The average Bonchev–Trinajstić information content (AvgIpc) is 2.26. The molecule has 2 N–H and O–H groups in total. The third-order valence-electron chi connectivity index (χ3n) is 2.44. The Hall–Kier alpha value is -1.24. The Morgan fingerprint density at radius 3 is 2.69 bits per heavy atom. The molecule has 86 valence electrons. The van der Waals surface area contributed by atoms with Crippen LogP contribution in [0.15, 0.2) is 18.2 Å². The van der Waals surface area contributed by atoms with E-state index in [0.717, 1.165) is 0 Å². The molecule has 0 aliphatic heterocycles. The molecule has 0 aromatic heterocycles. The number of aliphatic hydroxyl groups excluding tert-OH is 1. The van der Waals surface area contributed by atoms with Crippen LogP contribution >= 0.6 is 11.6 Å². The summed E-state index contributed by atoms with van der Waals surface area (Å²) < 4.78 is 0. The smallest absolute Gasteiger partial charge is 0.101 e. The molecule has 0 saturated heterocycles. The summed E-state index contributed by atoms with van der Waals surface area (Å²) in [4.78, 5) is 0. The van der Waals surface area contributed by atoms with Gasteiger partial charge in [-0.3, -0.25) is 0 Å². The highest BCUT2D eigenvalue weighted by atomic mass is 35.5. The Bertz CT molecular complexity index is 398. The van der Waals surface area contributed by atoms with E-state index in [4.69, 9.17) is 16.9 Å². The van der Waals surface area contributed by atoms with E-state index in [0.29, 0.717) is 16.3 Å². The molecule has 0 bridgehead atoms. The number of hydrogen-bond acceptors (Lipinski definition) is 3. The lowest BCUT2D eigenvalue weighted by atomic mass is 10.0. The minimum atomic E-state index is -0.0618. The molecule has 0 saturated carbocycles. The van der Waals surface area contributed by atoms with Gasteiger partial charge in [-0.25, -0.2) is 0 Å². The molecular weight excluding hydrogens is 224 g/mol. The lowest BCUT2D eigenvalue weighted by molar-refractivity contribution is 0.249. The summed E-state index contributed by atoms with van der Waals surface area (Å²) in [6.07, 6.45) is 0. The van der Waals surface area contributed by atoms with Crippen molar-refractivity contribution in [2.75, 3.05) is 11.9 Å². The van der Waals surface area contributed by atoms with Crippen LogP contribution in [-0.2, 0) is 0 Å². The van der Waals surface area contributed by atoms with Crippen molar-refractivity contribution in [1.82, 2.24) is 0 Å². The Labute approximate surface area is 101 Å². The van der Waals surface area contributed by atoms with Crippen molar-refractivity contribution in [3.63, 3.8) is 0 Å². The molecule has 0 fully saturated rings. The molecule has 0 aliphatic rings. The Kier molecular flexibility index (Phi) is 4.60. The molecule has 0 radical (unpaired) electrons. The zero-order valence-corrected chi connectivity index (χ0v) is 10.1. The van der Waals surface area contributed by atoms with Gasteiger partial charge in [0.15, 0.2) is 0 Å². The highest BCUT2D eigenvalue weighted by molar-refractivity contribution is 6.30. The maximum Gasteiger partial charge on any atom is 0.101 e. The van der Waals surface area contributed by atoms with E-state index in [9.17, 15) is 5.11 Å². The normalized spacial score (nSPS) is 12.2.